The Morgan fingerprint density at radius 1 is 0.324 bits per heavy atom. The number of rotatable bonds is 42. The van der Waals surface area contributed by atoms with Crippen LogP contribution in [0.1, 0.15) is 340 Å². The van der Waals surface area contributed by atoms with Crippen LogP contribution in [0.15, 0.2) is 168 Å². The number of hydrogen-bond acceptors (Lipinski definition) is 20. The molecule has 12 nitrogen and oxygen atoms in total. The first kappa shape index (κ1) is 99.7. The van der Waals surface area contributed by atoms with Gasteiger partial charge in [0.1, 0.15) is 71.2 Å². The first-order valence-corrected chi connectivity index (χ1v) is 57.3. The molecule has 4 aliphatic rings. The number of carbonyl (C=O) groups is 2. The molecule has 8 aromatic heterocycles. The topological polar surface area (TPSA) is 243 Å². The Hall–Kier alpha value is -12.5. The minimum absolute atomic E-state index is 0.0343. The fraction of sp³-hybridized carbons (Fsp3) is 0.344. The Morgan fingerprint density at radius 3 is 0.908 bits per heavy atom. The van der Waals surface area contributed by atoms with Gasteiger partial charge in [0.15, 0.2) is 11.6 Å². The molecule has 0 saturated heterocycles. The van der Waals surface area contributed by atoms with Crippen molar-refractivity contribution in [3.8, 4) is 99.1 Å². The van der Waals surface area contributed by atoms with Crippen molar-refractivity contribution in [3.63, 3.8) is 0 Å². The molecule has 0 N–H and O–H groups in total. The van der Waals surface area contributed by atoms with Crippen LogP contribution in [0.4, 0.5) is 0 Å². The quantitative estimate of drug-likeness (QED) is 0.0197. The molecule has 14 aromatic rings. The third-order valence-electron chi connectivity index (χ3n) is 29.3. The smallest absolute Gasteiger partial charge is 0.194 e. The molecule has 0 spiro atoms. The second-order valence-corrected chi connectivity index (χ2v) is 46.6. The van der Waals surface area contributed by atoms with E-state index in [1.807, 2.05) is 57.5 Å². The van der Waals surface area contributed by atoms with Crippen molar-refractivity contribution < 1.29 is 19.1 Å². The first-order chi connectivity index (χ1) is 69.5. The highest BCUT2D eigenvalue weighted by molar-refractivity contribution is 7.38. The number of nitriles is 8. The maximum absolute atomic E-state index is 15.0. The van der Waals surface area contributed by atoms with Gasteiger partial charge in [0.2, 0.25) is 0 Å². The number of nitrogens with zero attached hydrogens (tertiary/aromatic N) is 8. The molecule has 2 unspecified atom stereocenters. The molecular weight excluding hydrogens is 1900 g/mol. The fourth-order valence-electron chi connectivity index (χ4n) is 21.6. The highest BCUT2D eigenvalue weighted by Gasteiger charge is 2.57. The maximum atomic E-state index is 15.0. The van der Waals surface area contributed by atoms with Gasteiger partial charge in [-0.15, -0.1) is 90.7 Å². The van der Waals surface area contributed by atoms with E-state index in [2.05, 4.69) is 213 Å². The minimum Gasteiger partial charge on any atom is -0.492 e. The standard InChI is InChI=1S/C122H112N8O4S8/c1-9-17-23-27-33-75-37-45-85(46-38-75)121(86-47-39-76(40-48-86)34-28-24-18-10-2)105-113-101(61-99(137-113)111-97(133-71-73(15-7)31-21-13-5)59-89(135-111)57-95-103(83(67-127)68-128)91-53-79(63-123)81(65-125)55-93(91)109(95)131)139-115(105)117-107(121)119-120(141-117)108-118(142-119)116-106(122(108,87-49-41-77(42-50-87)35-29-25-19-11-3)88-51-43-78(44-52-88)36-30-26-20-12-4)114-102(140-116)62-100(138-114)112-98(134-72-74(16-8)32-22-14-6)60-90(136-112)58-96-104(84(69-129)70-130)92-54-80(64-124)82(66-126)56-94(92)110(96)132/h37-62,73-74H,9-36,71-72H2,1-8H3/b95-57-,96-58-. The third-order valence-corrected chi connectivity index (χ3v) is 39.5. The van der Waals surface area contributed by atoms with Gasteiger partial charge in [-0.3, -0.25) is 9.59 Å². The SMILES string of the molecule is CCCCCCc1ccc(C2(c3ccc(CCCCCC)cc3)c3c(sc4cc(-c5sc(/C=C6\C(=O)c7cc(C#N)c(C#N)cc7C6=C(C#N)C#N)cc5OCC(CC)CCCC)sc34)-c3sc4c5c(sc4c32)-c2sc3cc(-c4sc(/C=C6\C(=O)c7cc(C#N)c(C#N)cc7C6=C(C#N)C#N)cc4OCC(CC)CCCC)sc3c2C5(c2ccc(CCCCCC)cc2)c2ccc(CCCCCC)cc2)cc1. The summed E-state index contributed by atoms with van der Waals surface area (Å²) in [4.78, 5) is 40.3. The average Bonchev–Trinajstić information content (AvgIpc) is 1.47. The van der Waals surface area contributed by atoms with E-state index in [1.165, 1.54) is 203 Å². The number of unbranched alkanes of at least 4 members (excludes halogenated alkanes) is 14. The number of fused-ring (bicyclic) bond motifs is 15. The molecular formula is C122H112N8O4S8. The molecule has 712 valence electrons. The highest BCUT2D eigenvalue weighted by atomic mass is 32.1. The van der Waals surface area contributed by atoms with Crippen molar-refractivity contribution in [2.45, 2.75) is 246 Å². The second kappa shape index (κ2) is 44.2. The molecule has 4 aliphatic carbocycles. The number of carbonyl (C=O) groups excluding carboxylic acids is 2. The number of thiophene rings is 8. The van der Waals surface area contributed by atoms with Crippen LogP contribution in [0.3, 0.4) is 0 Å². The Kier molecular flexibility index (Phi) is 31.0. The van der Waals surface area contributed by atoms with Gasteiger partial charge in [-0.2, -0.15) is 42.1 Å². The predicted octanol–water partition coefficient (Wildman–Crippen LogP) is 35.0. The average molecular weight is 2010 g/mol. The summed E-state index contributed by atoms with van der Waals surface area (Å²) >= 11 is 14.3. The van der Waals surface area contributed by atoms with Gasteiger partial charge in [-0.1, -0.05) is 268 Å². The monoisotopic (exact) mass is 2010 g/mol. The van der Waals surface area contributed by atoms with Gasteiger partial charge in [0.25, 0.3) is 0 Å². The number of hydrogen-bond donors (Lipinski definition) is 0. The molecule has 8 heterocycles. The summed E-state index contributed by atoms with van der Waals surface area (Å²) in [6, 6.07) is 70.2. The molecule has 6 aromatic carbocycles. The van der Waals surface area contributed by atoms with Gasteiger partial charge in [0.05, 0.1) is 104 Å². The summed E-state index contributed by atoms with van der Waals surface area (Å²) in [6.07, 6.45) is 34.0. The number of benzene rings is 6. The molecule has 0 fully saturated rings. The second-order valence-electron chi connectivity index (χ2n) is 38.2. The lowest BCUT2D eigenvalue weighted by molar-refractivity contribution is 0.103. The minimum atomic E-state index is -0.877. The largest absolute Gasteiger partial charge is 0.492 e. The van der Waals surface area contributed by atoms with Crippen molar-refractivity contribution in [1.29, 1.82) is 42.1 Å². The van der Waals surface area contributed by atoms with E-state index < -0.39 is 22.4 Å². The van der Waals surface area contributed by atoms with Crippen molar-refractivity contribution >= 4 is 154 Å². The molecule has 0 saturated carbocycles. The van der Waals surface area contributed by atoms with E-state index in [0.29, 0.717) is 34.5 Å². The summed E-state index contributed by atoms with van der Waals surface area (Å²) < 4.78 is 21.6. The van der Waals surface area contributed by atoms with Crippen molar-refractivity contribution in [2.75, 3.05) is 13.2 Å². The Labute approximate surface area is 866 Å². The van der Waals surface area contributed by atoms with Crippen molar-refractivity contribution in [1.82, 2.24) is 0 Å². The van der Waals surface area contributed by atoms with E-state index in [1.54, 1.807) is 34.8 Å². The Bertz CT molecular complexity index is 7150. The van der Waals surface area contributed by atoms with E-state index in [9.17, 15) is 42.1 Å². The van der Waals surface area contributed by atoms with Crippen LogP contribution in [0.2, 0.25) is 0 Å². The number of ether oxygens (including phenoxy) is 2. The third kappa shape index (κ3) is 18.4. The zero-order valence-electron chi connectivity index (χ0n) is 81.9. The fourth-order valence-corrected chi connectivity index (χ4v) is 32.8. The summed E-state index contributed by atoms with van der Waals surface area (Å²) in [6.45, 7) is 18.9. The summed E-state index contributed by atoms with van der Waals surface area (Å²) in [5, 5.41) is 83.6. The van der Waals surface area contributed by atoms with E-state index in [4.69, 9.17) is 9.47 Å². The zero-order chi connectivity index (χ0) is 99.0. The Morgan fingerprint density at radius 2 is 0.620 bits per heavy atom. The molecule has 142 heavy (non-hydrogen) atoms. The van der Waals surface area contributed by atoms with E-state index in [-0.39, 0.29) is 89.8 Å². The zero-order valence-corrected chi connectivity index (χ0v) is 88.4. The molecule has 0 radical (unpaired) electrons. The van der Waals surface area contributed by atoms with E-state index in [0.717, 1.165) is 157 Å². The maximum Gasteiger partial charge on any atom is 0.194 e. The number of allylic oxidation sites excluding steroid dienone is 6. The number of Topliss-reactive ketones (excluding diaryl/α,β-unsaturated/α-hetero) is 2. The lowest BCUT2D eigenvalue weighted by atomic mass is 9.67. The highest BCUT2D eigenvalue weighted by Crippen LogP contribution is 2.73. The normalized spacial score (nSPS) is 14.4. The molecule has 18 rings (SSSR count). The van der Waals surface area contributed by atoms with Gasteiger partial charge in [0, 0.05) is 74.8 Å². The van der Waals surface area contributed by atoms with Crippen LogP contribution in [0, 0.1) is 102 Å². The molecule has 2 atom stereocenters. The summed E-state index contributed by atoms with van der Waals surface area (Å²) in [5.41, 5.74) is 14.5. The van der Waals surface area contributed by atoms with E-state index >= 15 is 9.59 Å². The van der Waals surface area contributed by atoms with Gasteiger partial charge in [-0.25, -0.2) is 0 Å². The number of ketones is 2. The van der Waals surface area contributed by atoms with Gasteiger partial charge >= 0.3 is 0 Å². The van der Waals surface area contributed by atoms with Crippen LogP contribution in [0.5, 0.6) is 11.5 Å². The molecule has 0 amide bonds. The summed E-state index contributed by atoms with van der Waals surface area (Å²) in [7, 11) is 0. The lowest BCUT2D eigenvalue weighted by Crippen LogP contribution is -2.29. The molecule has 0 bridgehead atoms. The van der Waals surface area contributed by atoms with Crippen LogP contribution < -0.4 is 9.47 Å². The van der Waals surface area contributed by atoms with Gasteiger partial charge < -0.3 is 9.47 Å². The van der Waals surface area contributed by atoms with Crippen LogP contribution >= 0.6 is 90.7 Å². The van der Waals surface area contributed by atoms with Crippen LogP contribution in [0.25, 0.3) is 90.5 Å². The van der Waals surface area contributed by atoms with Gasteiger partial charge in [-0.05, 0) is 192 Å². The molecule has 20 heteroatoms. The predicted molar refractivity (Wildman–Crippen MR) is 589 cm³/mol. The first-order valence-electron chi connectivity index (χ1n) is 50.8. The Balaban J connectivity index is 0.886. The van der Waals surface area contributed by atoms with Crippen molar-refractivity contribution in [3.05, 3.63) is 289 Å². The number of aryl methyl sites for hydroxylation is 4. The lowest BCUT2D eigenvalue weighted by Gasteiger charge is -2.34. The van der Waals surface area contributed by atoms with Crippen LogP contribution in [-0.2, 0) is 36.5 Å². The summed E-state index contributed by atoms with van der Waals surface area (Å²) in [5.74, 6) is 1.02. The van der Waals surface area contributed by atoms with Crippen LogP contribution in [-0.4, -0.2) is 24.8 Å². The van der Waals surface area contributed by atoms with Crippen molar-refractivity contribution in [2.24, 2.45) is 11.8 Å². The molecule has 0 aliphatic heterocycles.